The Kier molecular flexibility index (Phi) is 4.28. The van der Waals surface area contributed by atoms with Crippen molar-refractivity contribution in [2.75, 3.05) is 0 Å². The van der Waals surface area contributed by atoms with Crippen molar-refractivity contribution in [3.05, 3.63) is 58.8 Å². The van der Waals surface area contributed by atoms with E-state index in [1.807, 2.05) is 0 Å². The van der Waals surface area contributed by atoms with Crippen molar-refractivity contribution in [2.24, 2.45) is 5.10 Å². The van der Waals surface area contributed by atoms with E-state index in [1.165, 1.54) is 18.3 Å². The van der Waals surface area contributed by atoms with Crippen LogP contribution in [0.2, 0.25) is 0 Å². The first-order valence-electron chi connectivity index (χ1n) is 5.29. The first kappa shape index (κ1) is 13.7. The predicted octanol–water partition coefficient (Wildman–Crippen LogP) is 2.16. The summed E-state index contributed by atoms with van der Waals surface area (Å²) in [6, 6.07) is 11.6. The number of hydrogen-bond acceptors (Lipinski definition) is 4. The summed E-state index contributed by atoms with van der Waals surface area (Å²) in [5.74, 6) is 0. The van der Waals surface area contributed by atoms with Gasteiger partial charge in [0.15, 0.2) is 0 Å². The summed E-state index contributed by atoms with van der Waals surface area (Å²) in [5.41, 5.74) is 0.570. The van der Waals surface area contributed by atoms with E-state index in [0.29, 0.717) is 5.69 Å². The monoisotopic (exact) mass is 339 g/mol. The highest BCUT2D eigenvalue weighted by Gasteiger charge is 2.11. The molecule has 5 nitrogen and oxygen atoms in total. The fraction of sp³-hybridized carbons (Fsp3) is 0. The van der Waals surface area contributed by atoms with Gasteiger partial charge in [-0.15, -0.1) is 0 Å². The summed E-state index contributed by atoms with van der Waals surface area (Å²) in [4.78, 5) is 6.27. The molecule has 0 saturated carbocycles. The van der Waals surface area contributed by atoms with Gasteiger partial charge in [-0.05, 0) is 36.4 Å². The molecule has 1 heterocycles. The maximum atomic E-state index is 11.9. The van der Waals surface area contributed by atoms with Crippen LogP contribution in [0.4, 0.5) is 0 Å². The molecule has 98 valence electrons. The van der Waals surface area contributed by atoms with Crippen LogP contribution in [-0.2, 0) is 10.0 Å². The van der Waals surface area contributed by atoms with Crippen LogP contribution in [0.15, 0.2) is 63.1 Å². The van der Waals surface area contributed by atoms with Crippen LogP contribution < -0.4 is 4.83 Å². The SMILES string of the molecule is O=S(=O)(NN=Cc1ccccn1)c1ccc(Br)cc1. The van der Waals surface area contributed by atoms with Crippen LogP contribution in [-0.4, -0.2) is 19.6 Å². The van der Waals surface area contributed by atoms with Crippen LogP contribution in [0.5, 0.6) is 0 Å². The Labute approximate surface area is 119 Å². The fourth-order valence-corrected chi connectivity index (χ4v) is 2.34. The third kappa shape index (κ3) is 3.87. The van der Waals surface area contributed by atoms with Gasteiger partial charge in [0, 0.05) is 10.7 Å². The van der Waals surface area contributed by atoms with Crippen LogP contribution in [0.3, 0.4) is 0 Å². The molecule has 0 aliphatic carbocycles. The molecule has 2 rings (SSSR count). The van der Waals surface area contributed by atoms with Crippen LogP contribution in [0.1, 0.15) is 5.69 Å². The Morgan fingerprint density at radius 3 is 2.53 bits per heavy atom. The average molecular weight is 340 g/mol. The fourth-order valence-electron chi connectivity index (χ4n) is 1.28. The number of hydrazone groups is 1. The lowest BCUT2D eigenvalue weighted by atomic mass is 10.4. The largest absolute Gasteiger partial charge is 0.276 e. The number of hydrogen-bond donors (Lipinski definition) is 1. The van der Waals surface area contributed by atoms with Crippen LogP contribution >= 0.6 is 15.9 Å². The van der Waals surface area contributed by atoms with Gasteiger partial charge in [-0.2, -0.15) is 13.5 Å². The molecule has 0 bridgehead atoms. The quantitative estimate of drug-likeness (QED) is 0.685. The molecule has 0 unspecified atom stereocenters. The van der Waals surface area contributed by atoms with Gasteiger partial charge in [0.25, 0.3) is 10.0 Å². The number of nitrogens with one attached hydrogen (secondary N) is 1. The Morgan fingerprint density at radius 1 is 1.16 bits per heavy atom. The van der Waals surface area contributed by atoms with Gasteiger partial charge < -0.3 is 0 Å². The number of pyridine rings is 1. The minimum Gasteiger partial charge on any atom is -0.255 e. The second-order valence-electron chi connectivity index (χ2n) is 3.56. The molecule has 0 spiro atoms. The standard InChI is InChI=1S/C12H10BrN3O2S/c13-10-4-6-12(7-5-10)19(17,18)16-15-9-11-3-1-2-8-14-11/h1-9,16H. The second kappa shape index (κ2) is 5.94. The Balaban J connectivity index is 2.10. The molecule has 1 aromatic heterocycles. The van der Waals surface area contributed by atoms with Crippen molar-refractivity contribution >= 4 is 32.2 Å². The van der Waals surface area contributed by atoms with Crippen molar-refractivity contribution in [1.29, 1.82) is 0 Å². The molecule has 0 aliphatic rings. The van der Waals surface area contributed by atoms with Crippen molar-refractivity contribution in [2.45, 2.75) is 4.90 Å². The van der Waals surface area contributed by atoms with E-state index in [2.05, 4.69) is 30.8 Å². The van der Waals surface area contributed by atoms with E-state index in [0.717, 1.165) is 4.47 Å². The summed E-state index contributed by atoms with van der Waals surface area (Å²) >= 11 is 3.24. The predicted molar refractivity (Wildman–Crippen MR) is 76.3 cm³/mol. The highest BCUT2D eigenvalue weighted by molar-refractivity contribution is 9.10. The summed E-state index contributed by atoms with van der Waals surface area (Å²) < 4.78 is 24.6. The van der Waals surface area contributed by atoms with Gasteiger partial charge in [-0.3, -0.25) is 4.98 Å². The van der Waals surface area contributed by atoms with E-state index >= 15 is 0 Å². The molecule has 1 N–H and O–H groups in total. The van der Waals surface area contributed by atoms with Crippen molar-refractivity contribution in [3.63, 3.8) is 0 Å². The van der Waals surface area contributed by atoms with Gasteiger partial charge in [0.2, 0.25) is 0 Å². The Hall–Kier alpha value is -1.73. The molecule has 2 aromatic rings. The summed E-state index contributed by atoms with van der Waals surface area (Å²) in [6.07, 6.45) is 2.95. The van der Waals surface area contributed by atoms with Gasteiger partial charge in [-0.25, -0.2) is 4.83 Å². The van der Waals surface area contributed by atoms with Crippen molar-refractivity contribution in [3.8, 4) is 0 Å². The van der Waals surface area contributed by atoms with E-state index in [-0.39, 0.29) is 4.90 Å². The van der Waals surface area contributed by atoms with Crippen LogP contribution in [0, 0.1) is 0 Å². The average Bonchev–Trinajstić information content (AvgIpc) is 2.40. The Morgan fingerprint density at radius 2 is 1.89 bits per heavy atom. The number of rotatable bonds is 4. The van der Waals surface area contributed by atoms with Gasteiger partial charge in [-0.1, -0.05) is 22.0 Å². The number of sulfonamides is 1. The highest BCUT2D eigenvalue weighted by atomic mass is 79.9. The smallest absolute Gasteiger partial charge is 0.255 e. The van der Waals surface area contributed by atoms with Gasteiger partial charge in [0.1, 0.15) is 0 Å². The van der Waals surface area contributed by atoms with Crippen molar-refractivity contribution < 1.29 is 8.42 Å². The lowest BCUT2D eigenvalue weighted by molar-refractivity contribution is 0.584. The van der Waals surface area contributed by atoms with E-state index in [1.54, 1.807) is 36.5 Å². The minimum absolute atomic E-state index is 0.147. The Bertz CT molecular complexity index is 670. The van der Waals surface area contributed by atoms with Crippen LogP contribution in [0.25, 0.3) is 0 Å². The number of benzene rings is 1. The lowest BCUT2D eigenvalue weighted by Crippen LogP contribution is -2.18. The molecule has 1 aromatic carbocycles. The molecule has 7 heteroatoms. The molecule has 0 aliphatic heterocycles. The normalized spacial score (nSPS) is 11.6. The zero-order valence-corrected chi connectivity index (χ0v) is 12.1. The highest BCUT2D eigenvalue weighted by Crippen LogP contribution is 2.14. The molecule has 19 heavy (non-hydrogen) atoms. The van der Waals surface area contributed by atoms with E-state index < -0.39 is 10.0 Å². The number of nitrogens with zero attached hydrogens (tertiary/aromatic N) is 2. The zero-order chi connectivity index (χ0) is 13.7. The molecule has 0 fully saturated rings. The summed E-state index contributed by atoms with van der Waals surface area (Å²) in [5, 5.41) is 3.67. The molecule has 0 atom stereocenters. The minimum atomic E-state index is -3.64. The number of aromatic nitrogens is 1. The third-order valence-corrected chi connectivity index (χ3v) is 3.95. The second-order valence-corrected chi connectivity index (χ2v) is 6.14. The lowest BCUT2D eigenvalue weighted by Gasteiger charge is -2.02. The molecule has 0 radical (unpaired) electrons. The third-order valence-electron chi connectivity index (χ3n) is 2.18. The topological polar surface area (TPSA) is 71.4 Å². The van der Waals surface area contributed by atoms with E-state index in [4.69, 9.17) is 0 Å². The maximum absolute atomic E-state index is 11.9. The zero-order valence-electron chi connectivity index (χ0n) is 9.69. The molecular formula is C12H10BrN3O2S. The van der Waals surface area contributed by atoms with Gasteiger partial charge in [0.05, 0.1) is 16.8 Å². The number of halogens is 1. The first-order chi connectivity index (χ1) is 9.08. The first-order valence-corrected chi connectivity index (χ1v) is 7.57. The molecular weight excluding hydrogens is 330 g/mol. The van der Waals surface area contributed by atoms with Gasteiger partial charge >= 0.3 is 0 Å². The summed E-state index contributed by atoms with van der Waals surface area (Å²) in [7, 11) is -3.64. The summed E-state index contributed by atoms with van der Waals surface area (Å²) in [6.45, 7) is 0. The van der Waals surface area contributed by atoms with E-state index in [9.17, 15) is 8.42 Å². The molecule has 0 saturated heterocycles. The maximum Gasteiger partial charge on any atom is 0.276 e. The molecule has 0 amide bonds. The van der Waals surface area contributed by atoms with Crippen molar-refractivity contribution in [1.82, 2.24) is 9.82 Å².